The van der Waals surface area contributed by atoms with Gasteiger partial charge in [0.05, 0.1) is 30.3 Å². The summed E-state index contributed by atoms with van der Waals surface area (Å²) in [6.45, 7) is 5.80. The Labute approximate surface area is 256 Å². The number of benzene rings is 3. The number of fused-ring (bicyclic) bond motifs is 1. The molecule has 1 heterocycles. The maximum Gasteiger partial charge on any atom is 0.306 e. The van der Waals surface area contributed by atoms with Crippen molar-refractivity contribution in [2.45, 2.75) is 64.9 Å². The van der Waals surface area contributed by atoms with Crippen LogP contribution >= 0.6 is 12.6 Å². The van der Waals surface area contributed by atoms with Crippen molar-refractivity contribution >= 4 is 41.7 Å². The molecule has 0 bridgehead atoms. The van der Waals surface area contributed by atoms with E-state index in [0.717, 1.165) is 54.6 Å². The summed E-state index contributed by atoms with van der Waals surface area (Å²) in [6, 6.07) is 27.5. The first-order valence-electron chi connectivity index (χ1n) is 14.7. The monoisotopic (exact) mass is 581 g/mol. The standard InChI is InChI=1S/C30H31NO.C7H12O2S/c1-22-14-16-26-17-19-27(31-29(26)20-22)18-15-24-9-6-8-23(21-24)10-7-12-25-11-4-5-13-28(25)30(2,3)32;1-9-6(8)4-7(5-10)2-3-7/h4-6,8-9,11,13-21,32H,7,10,12H2,1-3H3;10H,2-5H2,1H3/b18-15+;. The van der Waals surface area contributed by atoms with Gasteiger partial charge in [0.25, 0.3) is 0 Å². The molecule has 4 nitrogen and oxygen atoms in total. The van der Waals surface area contributed by atoms with Gasteiger partial charge in [0, 0.05) is 5.39 Å². The second-order valence-electron chi connectivity index (χ2n) is 12.0. The van der Waals surface area contributed by atoms with E-state index in [1.54, 1.807) is 0 Å². The first kappa shape index (κ1) is 31.5. The van der Waals surface area contributed by atoms with Gasteiger partial charge in [0.15, 0.2) is 0 Å². The van der Waals surface area contributed by atoms with Crippen molar-refractivity contribution in [1.29, 1.82) is 0 Å². The van der Waals surface area contributed by atoms with Crippen LogP contribution in [0.4, 0.5) is 0 Å². The van der Waals surface area contributed by atoms with E-state index < -0.39 is 5.60 Å². The topological polar surface area (TPSA) is 59.4 Å². The van der Waals surface area contributed by atoms with E-state index in [9.17, 15) is 9.90 Å². The highest BCUT2D eigenvalue weighted by Crippen LogP contribution is 2.49. The number of thiol groups is 1. The second-order valence-corrected chi connectivity index (χ2v) is 12.3. The summed E-state index contributed by atoms with van der Waals surface area (Å²) in [6.07, 6.45) is 10.0. The third-order valence-corrected chi connectivity index (χ3v) is 8.57. The van der Waals surface area contributed by atoms with Gasteiger partial charge in [-0.3, -0.25) is 4.79 Å². The highest BCUT2D eigenvalue weighted by Gasteiger charge is 2.43. The van der Waals surface area contributed by atoms with E-state index in [0.29, 0.717) is 6.42 Å². The lowest BCUT2D eigenvalue weighted by Gasteiger charge is -2.21. The maximum atomic E-state index is 10.8. The van der Waals surface area contributed by atoms with Crippen LogP contribution in [-0.2, 0) is 28.0 Å². The number of esters is 1. The van der Waals surface area contributed by atoms with Crippen molar-refractivity contribution in [3.05, 3.63) is 112 Å². The molecule has 1 N–H and O–H groups in total. The largest absolute Gasteiger partial charge is 0.469 e. The normalized spacial score (nSPS) is 14.0. The minimum atomic E-state index is -0.809. The lowest BCUT2D eigenvalue weighted by atomic mass is 9.90. The van der Waals surface area contributed by atoms with Gasteiger partial charge in [0.1, 0.15) is 0 Å². The summed E-state index contributed by atoms with van der Waals surface area (Å²) in [5.41, 5.74) is 7.39. The fourth-order valence-corrected chi connectivity index (χ4v) is 5.56. The van der Waals surface area contributed by atoms with Gasteiger partial charge < -0.3 is 9.84 Å². The van der Waals surface area contributed by atoms with Gasteiger partial charge in [-0.25, -0.2) is 4.98 Å². The van der Waals surface area contributed by atoms with E-state index in [4.69, 9.17) is 4.98 Å². The van der Waals surface area contributed by atoms with E-state index in [1.165, 1.54) is 34.7 Å². The Kier molecular flexibility index (Phi) is 10.6. The van der Waals surface area contributed by atoms with Crippen LogP contribution in [0.25, 0.3) is 23.1 Å². The first-order valence-corrected chi connectivity index (χ1v) is 15.4. The molecule has 0 atom stereocenters. The number of carbonyl (C=O) groups excluding carboxylic acids is 1. The Bertz CT molecular complexity index is 1530. The Morgan fingerprint density at radius 3 is 2.48 bits per heavy atom. The van der Waals surface area contributed by atoms with Crippen LogP contribution in [0.5, 0.6) is 0 Å². The highest BCUT2D eigenvalue weighted by molar-refractivity contribution is 7.80. The number of aryl methyl sites for hydroxylation is 3. The molecule has 220 valence electrons. The minimum Gasteiger partial charge on any atom is -0.469 e. The number of carbonyl (C=O) groups is 1. The fourth-order valence-electron chi connectivity index (χ4n) is 5.13. The Balaban J connectivity index is 0.000000343. The number of pyridine rings is 1. The zero-order valence-electron chi connectivity index (χ0n) is 25.3. The summed E-state index contributed by atoms with van der Waals surface area (Å²) < 4.78 is 4.56. The van der Waals surface area contributed by atoms with Gasteiger partial charge >= 0.3 is 5.97 Å². The molecule has 1 saturated carbocycles. The van der Waals surface area contributed by atoms with Crippen molar-refractivity contribution < 1.29 is 14.6 Å². The molecule has 1 aliphatic carbocycles. The molecular weight excluding hydrogens is 538 g/mol. The van der Waals surface area contributed by atoms with Gasteiger partial charge in [0.2, 0.25) is 0 Å². The van der Waals surface area contributed by atoms with E-state index in [1.807, 2.05) is 26.0 Å². The molecule has 3 aromatic carbocycles. The quantitative estimate of drug-likeness (QED) is 0.146. The van der Waals surface area contributed by atoms with Crippen LogP contribution in [0.15, 0.2) is 78.9 Å². The fraction of sp³-hybridized carbons (Fsp3) is 0.351. The SMILES string of the molecule is COC(=O)CC1(CS)CC1.Cc1ccc2ccc(/C=C/c3cccc(CCCc4ccccc4C(C)(C)O)c3)nc2c1. The van der Waals surface area contributed by atoms with Gasteiger partial charge in [-0.05, 0) is 110 Å². The minimum absolute atomic E-state index is 0.105. The molecule has 1 aliphatic rings. The van der Waals surface area contributed by atoms with Gasteiger partial charge in [-0.1, -0.05) is 72.8 Å². The highest BCUT2D eigenvalue weighted by atomic mass is 32.1. The van der Waals surface area contributed by atoms with Crippen LogP contribution in [0.2, 0.25) is 0 Å². The molecule has 4 aromatic rings. The lowest BCUT2D eigenvalue weighted by Crippen LogP contribution is -2.18. The molecular formula is C37H43NO3S. The van der Waals surface area contributed by atoms with Crippen LogP contribution < -0.4 is 0 Å². The smallest absolute Gasteiger partial charge is 0.306 e. The zero-order chi connectivity index (χ0) is 30.2. The second kappa shape index (κ2) is 14.2. The van der Waals surface area contributed by atoms with E-state index in [-0.39, 0.29) is 11.4 Å². The average Bonchev–Trinajstić information content (AvgIpc) is 3.76. The number of ether oxygens (including phenoxy) is 1. The molecule has 0 spiro atoms. The number of hydrogen-bond acceptors (Lipinski definition) is 5. The summed E-state index contributed by atoms with van der Waals surface area (Å²) in [5, 5.41) is 11.6. The Morgan fingerprint density at radius 1 is 1.00 bits per heavy atom. The molecule has 5 rings (SSSR count). The maximum absolute atomic E-state index is 10.8. The van der Waals surface area contributed by atoms with Crippen molar-refractivity contribution in [1.82, 2.24) is 4.98 Å². The van der Waals surface area contributed by atoms with Crippen molar-refractivity contribution in [3.63, 3.8) is 0 Å². The number of aliphatic hydroxyl groups is 1. The Morgan fingerprint density at radius 2 is 1.76 bits per heavy atom. The number of aromatic nitrogens is 1. The van der Waals surface area contributed by atoms with Crippen LogP contribution in [-0.4, -0.2) is 28.9 Å². The zero-order valence-corrected chi connectivity index (χ0v) is 26.2. The predicted molar refractivity (Wildman–Crippen MR) is 178 cm³/mol. The van der Waals surface area contributed by atoms with Crippen LogP contribution in [0, 0.1) is 12.3 Å². The molecule has 0 aliphatic heterocycles. The summed E-state index contributed by atoms with van der Waals surface area (Å²) in [7, 11) is 1.43. The number of nitrogens with zero attached hydrogens (tertiary/aromatic N) is 1. The molecule has 0 unspecified atom stereocenters. The molecule has 0 radical (unpaired) electrons. The number of methoxy groups -OCH3 is 1. The van der Waals surface area contributed by atoms with Crippen LogP contribution in [0.1, 0.15) is 73.0 Å². The summed E-state index contributed by atoms with van der Waals surface area (Å²) in [5.74, 6) is 0.703. The van der Waals surface area contributed by atoms with Crippen molar-refractivity contribution in [3.8, 4) is 0 Å². The molecule has 5 heteroatoms. The molecule has 42 heavy (non-hydrogen) atoms. The lowest BCUT2D eigenvalue weighted by molar-refractivity contribution is -0.141. The van der Waals surface area contributed by atoms with Crippen molar-refractivity contribution in [2.75, 3.05) is 12.9 Å². The van der Waals surface area contributed by atoms with E-state index in [2.05, 4.69) is 103 Å². The predicted octanol–water partition coefficient (Wildman–Crippen LogP) is 8.38. The first-order chi connectivity index (χ1) is 20.1. The number of rotatable bonds is 10. The molecule has 0 amide bonds. The third-order valence-electron chi connectivity index (χ3n) is 7.89. The number of hydrogen-bond donors (Lipinski definition) is 2. The summed E-state index contributed by atoms with van der Waals surface area (Å²) >= 11 is 4.17. The molecule has 0 saturated heterocycles. The van der Waals surface area contributed by atoms with Gasteiger partial charge in [-0.15, -0.1) is 0 Å². The Hall–Kier alpha value is -3.41. The molecule has 1 fully saturated rings. The third kappa shape index (κ3) is 9.04. The molecule has 1 aromatic heterocycles. The van der Waals surface area contributed by atoms with Gasteiger partial charge in [-0.2, -0.15) is 12.6 Å². The van der Waals surface area contributed by atoms with Crippen LogP contribution in [0.3, 0.4) is 0 Å². The average molecular weight is 582 g/mol. The van der Waals surface area contributed by atoms with E-state index >= 15 is 0 Å². The summed E-state index contributed by atoms with van der Waals surface area (Å²) in [4.78, 5) is 15.5. The van der Waals surface area contributed by atoms with Crippen molar-refractivity contribution in [2.24, 2.45) is 5.41 Å².